The highest BCUT2D eigenvalue weighted by atomic mass is 16.5. The SMILES string of the molecule is CNN1CCOCC12CC2. The van der Waals surface area contributed by atoms with Crippen molar-refractivity contribution in [2.24, 2.45) is 0 Å². The minimum atomic E-state index is 0.396. The first-order valence-corrected chi connectivity index (χ1v) is 3.90. The Kier molecular flexibility index (Phi) is 1.44. The van der Waals surface area contributed by atoms with Gasteiger partial charge >= 0.3 is 0 Å². The molecule has 2 rings (SSSR count). The van der Waals surface area contributed by atoms with Crippen molar-refractivity contribution in [1.29, 1.82) is 0 Å². The molecule has 1 heterocycles. The molecule has 0 amide bonds. The van der Waals surface area contributed by atoms with Gasteiger partial charge in [-0.2, -0.15) is 0 Å². The molecule has 0 bridgehead atoms. The predicted octanol–water partition coefficient (Wildman–Crippen LogP) is -0.0144. The maximum atomic E-state index is 5.40. The molecule has 1 spiro atoms. The first kappa shape index (κ1) is 6.58. The van der Waals surface area contributed by atoms with Gasteiger partial charge in [0.25, 0.3) is 0 Å². The lowest BCUT2D eigenvalue weighted by Gasteiger charge is -2.34. The summed E-state index contributed by atoms with van der Waals surface area (Å²) in [5.41, 5.74) is 3.61. The van der Waals surface area contributed by atoms with Gasteiger partial charge in [0, 0.05) is 6.54 Å². The molecule has 0 aromatic rings. The van der Waals surface area contributed by atoms with Crippen LogP contribution in [0.25, 0.3) is 0 Å². The van der Waals surface area contributed by atoms with E-state index in [1.165, 1.54) is 12.8 Å². The smallest absolute Gasteiger partial charge is 0.0664 e. The summed E-state index contributed by atoms with van der Waals surface area (Å²) in [6.07, 6.45) is 2.60. The number of hydrogen-bond acceptors (Lipinski definition) is 3. The number of nitrogens with zero attached hydrogens (tertiary/aromatic N) is 1. The third-order valence-electron chi connectivity index (χ3n) is 2.50. The van der Waals surface area contributed by atoms with Crippen LogP contribution < -0.4 is 5.43 Å². The molecule has 3 nitrogen and oxygen atoms in total. The van der Waals surface area contributed by atoms with E-state index in [1.54, 1.807) is 0 Å². The third-order valence-corrected chi connectivity index (χ3v) is 2.50. The number of ether oxygens (including phenoxy) is 1. The fourth-order valence-corrected chi connectivity index (χ4v) is 1.64. The number of nitrogens with one attached hydrogen (secondary N) is 1. The molecule has 1 aliphatic heterocycles. The normalized spacial score (nSPS) is 30.9. The Bertz CT molecular complexity index is 134. The van der Waals surface area contributed by atoms with E-state index in [2.05, 4.69) is 10.4 Å². The molecule has 1 N–H and O–H groups in total. The van der Waals surface area contributed by atoms with Gasteiger partial charge in [0.1, 0.15) is 0 Å². The Balaban J connectivity index is 2.01. The van der Waals surface area contributed by atoms with E-state index in [1.807, 2.05) is 7.05 Å². The van der Waals surface area contributed by atoms with Gasteiger partial charge < -0.3 is 4.74 Å². The van der Waals surface area contributed by atoms with Crippen molar-refractivity contribution >= 4 is 0 Å². The number of hydrogen-bond donors (Lipinski definition) is 1. The molecule has 0 unspecified atom stereocenters. The van der Waals surface area contributed by atoms with Gasteiger partial charge in [-0.05, 0) is 19.9 Å². The summed E-state index contributed by atoms with van der Waals surface area (Å²) in [5.74, 6) is 0. The second-order valence-corrected chi connectivity index (χ2v) is 3.15. The molecule has 2 aliphatic rings. The monoisotopic (exact) mass is 142 g/mol. The predicted molar refractivity (Wildman–Crippen MR) is 38.5 cm³/mol. The topological polar surface area (TPSA) is 24.5 Å². The zero-order valence-corrected chi connectivity index (χ0v) is 6.39. The van der Waals surface area contributed by atoms with E-state index in [0.29, 0.717) is 5.54 Å². The Morgan fingerprint density at radius 2 is 2.30 bits per heavy atom. The summed E-state index contributed by atoms with van der Waals surface area (Å²) < 4.78 is 5.40. The fraction of sp³-hybridized carbons (Fsp3) is 1.00. The van der Waals surface area contributed by atoms with Gasteiger partial charge in [-0.15, -0.1) is 0 Å². The second kappa shape index (κ2) is 2.19. The van der Waals surface area contributed by atoms with Crippen LogP contribution in [0.15, 0.2) is 0 Å². The summed E-state index contributed by atoms with van der Waals surface area (Å²) in [4.78, 5) is 0. The summed E-state index contributed by atoms with van der Waals surface area (Å²) in [7, 11) is 1.99. The molecule has 0 radical (unpaired) electrons. The minimum absolute atomic E-state index is 0.396. The molecule has 0 aromatic carbocycles. The van der Waals surface area contributed by atoms with Crippen LogP contribution in [0.2, 0.25) is 0 Å². The first-order chi connectivity index (χ1) is 4.87. The number of morpholine rings is 1. The fourth-order valence-electron chi connectivity index (χ4n) is 1.64. The van der Waals surface area contributed by atoms with Crippen LogP contribution >= 0.6 is 0 Å². The van der Waals surface area contributed by atoms with Crippen molar-refractivity contribution in [3.05, 3.63) is 0 Å². The molecule has 3 heteroatoms. The Morgan fingerprint density at radius 3 is 2.80 bits per heavy atom. The van der Waals surface area contributed by atoms with Crippen molar-refractivity contribution in [2.75, 3.05) is 26.8 Å². The molecular formula is C7H14N2O. The van der Waals surface area contributed by atoms with Crippen LogP contribution in [0.3, 0.4) is 0 Å². The highest BCUT2D eigenvalue weighted by Crippen LogP contribution is 2.42. The summed E-state index contributed by atoms with van der Waals surface area (Å²) >= 11 is 0. The molecule has 0 atom stereocenters. The van der Waals surface area contributed by atoms with E-state index in [-0.39, 0.29) is 0 Å². The Morgan fingerprint density at radius 1 is 1.50 bits per heavy atom. The van der Waals surface area contributed by atoms with Crippen LogP contribution in [0.5, 0.6) is 0 Å². The van der Waals surface area contributed by atoms with Crippen molar-refractivity contribution in [1.82, 2.24) is 10.4 Å². The van der Waals surface area contributed by atoms with Gasteiger partial charge in [0.15, 0.2) is 0 Å². The molecule has 1 aliphatic carbocycles. The van der Waals surface area contributed by atoms with E-state index in [4.69, 9.17) is 4.74 Å². The highest BCUT2D eigenvalue weighted by Gasteiger charge is 2.49. The van der Waals surface area contributed by atoms with Crippen LogP contribution in [0.4, 0.5) is 0 Å². The quantitative estimate of drug-likeness (QED) is 0.557. The molecule has 10 heavy (non-hydrogen) atoms. The molecule has 1 saturated carbocycles. The van der Waals surface area contributed by atoms with E-state index >= 15 is 0 Å². The lowest BCUT2D eigenvalue weighted by Crippen LogP contribution is -2.53. The maximum Gasteiger partial charge on any atom is 0.0664 e. The van der Waals surface area contributed by atoms with E-state index in [9.17, 15) is 0 Å². The van der Waals surface area contributed by atoms with Crippen LogP contribution in [-0.4, -0.2) is 37.4 Å². The second-order valence-electron chi connectivity index (χ2n) is 3.15. The van der Waals surface area contributed by atoms with Gasteiger partial charge in [-0.25, -0.2) is 5.01 Å². The summed E-state index contributed by atoms with van der Waals surface area (Å²) in [6, 6.07) is 0. The van der Waals surface area contributed by atoms with E-state index < -0.39 is 0 Å². The van der Waals surface area contributed by atoms with Crippen molar-refractivity contribution < 1.29 is 4.74 Å². The third kappa shape index (κ3) is 0.856. The molecule has 0 aromatic heterocycles. The Labute approximate surface area is 61.3 Å². The van der Waals surface area contributed by atoms with Crippen LogP contribution in [0, 0.1) is 0 Å². The van der Waals surface area contributed by atoms with Crippen molar-refractivity contribution in [3.63, 3.8) is 0 Å². The largest absolute Gasteiger partial charge is 0.378 e. The minimum Gasteiger partial charge on any atom is -0.378 e. The first-order valence-electron chi connectivity index (χ1n) is 3.90. The number of rotatable bonds is 1. The van der Waals surface area contributed by atoms with E-state index in [0.717, 1.165) is 19.8 Å². The average Bonchev–Trinajstić information content (AvgIpc) is 2.71. The van der Waals surface area contributed by atoms with Crippen LogP contribution in [-0.2, 0) is 4.74 Å². The zero-order valence-electron chi connectivity index (χ0n) is 6.39. The number of hydrazine groups is 1. The molecule has 2 fully saturated rings. The summed E-state index contributed by atoms with van der Waals surface area (Å²) in [6.45, 7) is 2.84. The lowest BCUT2D eigenvalue weighted by molar-refractivity contribution is -0.0425. The molecule has 1 saturated heterocycles. The van der Waals surface area contributed by atoms with Crippen LogP contribution in [0.1, 0.15) is 12.8 Å². The Hall–Kier alpha value is -0.120. The van der Waals surface area contributed by atoms with Crippen molar-refractivity contribution in [2.45, 2.75) is 18.4 Å². The zero-order chi connectivity index (χ0) is 7.03. The maximum absolute atomic E-state index is 5.40. The van der Waals surface area contributed by atoms with Gasteiger partial charge in [-0.1, -0.05) is 0 Å². The van der Waals surface area contributed by atoms with Gasteiger partial charge in [-0.3, -0.25) is 5.43 Å². The summed E-state index contributed by atoms with van der Waals surface area (Å²) in [5, 5.41) is 2.32. The van der Waals surface area contributed by atoms with Gasteiger partial charge in [0.2, 0.25) is 0 Å². The standard InChI is InChI=1S/C7H14N2O/c1-8-9-4-5-10-6-7(9)2-3-7/h8H,2-6H2,1H3. The average molecular weight is 142 g/mol. The molecule has 58 valence electrons. The molecular weight excluding hydrogens is 128 g/mol. The van der Waals surface area contributed by atoms with Crippen molar-refractivity contribution in [3.8, 4) is 0 Å². The highest BCUT2D eigenvalue weighted by molar-refractivity contribution is 5.03. The van der Waals surface area contributed by atoms with Gasteiger partial charge in [0.05, 0.1) is 18.8 Å². The lowest BCUT2D eigenvalue weighted by atomic mass is 10.2.